The van der Waals surface area contributed by atoms with Gasteiger partial charge in [-0.15, -0.1) is 12.3 Å². The quantitative estimate of drug-likeness (QED) is 0.837. The van der Waals surface area contributed by atoms with E-state index in [4.69, 9.17) is 12.2 Å². The fourth-order valence-corrected chi connectivity index (χ4v) is 1.82. The number of amides is 1. The van der Waals surface area contributed by atoms with Crippen LogP contribution in [-0.4, -0.2) is 11.9 Å². The first-order chi connectivity index (χ1) is 8.36. The number of nitrogens with two attached hydrogens (primary N) is 1. The topological polar surface area (TPSA) is 55.1 Å². The Kier molecular flexibility index (Phi) is 4.94. The highest BCUT2D eigenvalue weighted by atomic mass is 79.9. The third-order valence-corrected chi connectivity index (χ3v) is 3.20. The van der Waals surface area contributed by atoms with Gasteiger partial charge in [0.05, 0.1) is 11.6 Å². The van der Waals surface area contributed by atoms with Gasteiger partial charge in [0.25, 0.3) is 0 Å². The van der Waals surface area contributed by atoms with Crippen LogP contribution in [-0.2, 0) is 10.3 Å². The van der Waals surface area contributed by atoms with Gasteiger partial charge in [-0.1, -0.05) is 28.1 Å². The molecule has 18 heavy (non-hydrogen) atoms. The smallest absolute Gasteiger partial charge is 0.238 e. The fraction of sp³-hybridized carbons (Fsp3) is 0.357. The van der Waals surface area contributed by atoms with Crippen LogP contribution in [0.25, 0.3) is 0 Å². The predicted molar refractivity (Wildman–Crippen MR) is 76.7 cm³/mol. The molecule has 1 aromatic carbocycles. The van der Waals surface area contributed by atoms with E-state index < -0.39 is 11.6 Å². The molecule has 4 heteroatoms. The summed E-state index contributed by atoms with van der Waals surface area (Å²) in [6, 6.07) is 7.12. The third-order valence-electron chi connectivity index (χ3n) is 2.68. The first-order valence-electron chi connectivity index (χ1n) is 5.64. The van der Waals surface area contributed by atoms with Crippen molar-refractivity contribution in [2.45, 2.75) is 31.8 Å². The molecule has 0 aliphatic carbocycles. The Balaban J connectivity index is 2.79. The zero-order chi connectivity index (χ0) is 13.8. The summed E-state index contributed by atoms with van der Waals surface area (Å²) in [5.41, 5.74) is 6.20. The van der Waals surface area contributed by atoms with E-state index in [0.717, 1.165) is 10.0 Å². The van der Waals surface area contributed by atoms with Crippen molar-refractivity contribution in [3.63, 3.8) is 0 Å². The molecular weight excluding hydrogens is 292 g/mol. The number of rotatable bonds is 4. The van der Waals surface area contributed by atoms with Gasteiger partial charge in [-0.2, -0.15) is 0 Å². The third kappa shape index (κ3) is 3.86. The Labute approximate surface area is 116 Å². The lowest BCUT2D eigenvalue weighted by atomic mass is 9.94. The first-order valence-corrected chi connectivity index (χ1v) is 6.43. The minimum absolute atomic E-state index is 0.235. The van der Waals surface area contributed by atoms with Crippen LogP contribution in [0.4, 0.5) is 0 Å². The second-order valence-corrected chi connectivity index (χ2v) is 5.55. The lowest BCUT2D eigenvalue weighted by Gasteiger charge is -2.28. The Morgan fingerprint density at radius 3 is 2.56 bits per heavy atom. The molecule has 1 aromatic rings. The van der Waals surface area contributed by atoms with Crippen LogP contribution < -0.4 is 11.1 Å². The number of carbonyl (C=O) groups is 1. The summed E-state index contributed by atoms with van der Waals surface area (Å²) in [5, 5.41) is 2.90. The molecule has 0 aliphatic rings. The molecule has 0 aliphatic heterocycles. The molecule has 0 bridgehead atoms. The van der Waals surface area contributed by atoms with Crippen molar-refractivity contribution in [2.75, 3.05) is 0 Å². The summed E-state index contributed by atoms with van der Waals surface area (Å²) in [6.07, 6.45) is 5.38. The average Bonchev–Trinajstić information content (AvgIpc) is 2.29. The van der Waals surface area contributed by atoms with E-state index in [0.29, 0.717) is 0 Å². The molecule has 0 radical (unpaired) electrons. The van der Waals surface area contributed by atoms with Gasteiger partial charge >= 0.3 is 0 Å². The number of hydrogen-bond acceptors (Lipinski definition) is 2. The summed E-state index contributed by atoms with van der Waals surface area (Å²) in [5.74, 6) is 2.15. The molecular formula is C14H17BrN2O. The largest absolute Gasteiger partial charge is 0.346 e. The minimum Gasteiger partial charge on any atom is -0.346 e. The SMILES string of the molecule is C#CCC(N)C(=O)NC(C)(C)c1ccc(Br)cc1. The van der Waals surface area contributed by atoms with Gasteiger partial charge in [-0.25, -0.2) is 0 Å². The van der Waals surface area contributed by atoms with E-state index in [-0.39, 0.29) is 12.3 Å². The van der Waals surface area contributed by atoms with Crippen LogP contribution in [0.3, 0.4) is 0 Å². The van der Waals surface area contributed by atoms with Crippen LogP contribution in [0.15, 0.2) is 28.7 Å². The zero-order valence-electron chi connectivity index (χ0n) is 10.5. The lowest BCUT2D eigenvalue weighted by Crippen LogP contribution is -2.48. The maximum Gasteiger partial charge on any atom is 0.238 e. The minimum atomic E-state index is -0.662. The molecule has 0 heterocycles. The van der Waals surface area contributed by atoms with Gasteiger partial charge in [-0.3, -0.25) is 4.79 Å². The molecule has 1 rings (SSSR count). The molecule has 0 aromatic heterocycles. The first kappa shape index (κ1) is 14.7. The second-order valence-electron chi connectivity index (χ2n) is 4.64. The van der Waals surface area contributed by atoms with Crippen LogP contribution in [0.2, 0.25) is 0 Å². The van der Waals surface area contributed by atoms with E-state index >= 15 is 0 Å². The summed E-state index contributed by atoms with van der Waals surface area (Å²) < 4.78 is 0.998. The highest BCUT2D eigenvalue weighted by molar-refractivity contribution is 9.10. The van der Waals surface area contributed by atoms with Crippen molar-refractivity contribution in [3.8, 4) is 12.3 Å². The number of nitrogens with one attached hydrogen (secondary N) is 1. The van der Waals surface area contributed by atoms with E-state index in [1.165, 1.54) is 0 Å². The Hall–Kier alpha value is -1.31. The molecule has 0 saturated heterocycles. The number of carbonyl (C=O) groups excluding carboxylic acids is 1. The van der Waals surface area contributed by atoms with Crippen LogP contribution in [0, 0.1) is 12.3 Å². The monoisotopic (exact) mass is 308 g/mol. The van der Waals surface area contributed by atoms with Gasteiger partial charge < -0.3 is 11.1 Å². The second kappa shape index (κ2) is 6.03. The normalized spacial score (nSPS) is 12.6. The number of benzene rings is 1. The van der Waals surface area contributed by atoms with E-state index in [1.807, 2.05) is 38.1 Å². The van der Waals surface area contributed by atoms with Gasteiger partial charge in [0.1, 0.15) is 0 Å². The highest BCUT2D eigenvalue weighted by Crippen LogP contribution is 2.22. The van der Waals surface area contributed by atoms with Crippen molar-refractivity contribution in [3.05, 3.63) is 34.3 Å². The Bertz CT molecular complexity index is 460. The average molecular weight is 309 g/mol. The molecule has 0 saturated carbocycles. The van der Waals surface area contributed by atoms with Crippen LogP contribution >= 0.6 is 15.9 Å². The van der Waals surface area contributed by atoms with Crippen LogP contribution in [0.5, 0.6) is 0 Å². The van der Waals surface area contributed by atoms with Crippen molar-refractivity contribution in [1.29, 1.82) is 0 Å². The maximum absolute atomic E-state index is 11.8. The van der Waals surface area contributed by atoms with Crippen molar-refractivity contribution >= 4 is 21.8 Å². The summed E-state index contributed by atoms with van der Waals surface area (Å²) in [6.45, 7) is 3.85. The zero-order valence-corrected chi connectivity index (χ0v) is 12.1. The molecule has 3 N–H and O–H groups in total. The number of hydrogen-bond donors (Lipinski definition) is 2. The number of terminal acetylenes is 1. The standard InChI is InChI=1S/C14H17BrN2O/c1-4-5-12(16)13(18)17-14(2,3)10-6-8-11(15)9-7-10/h1,6-9,12H,5,16H2,2-3H3,(H,17,18). The van der Waals surface area contributed by atoms with Gasteiger partial charge in [-0.05, 0) is 31.5 Å². The predicted octanol–water partition coefficient (Wildman–Crippen LogP) is 2.15. The van der Waals surface area contributed by atoms with Crippen molar-refractivity contribution in [1.82, 2.24) is 5.32 Å². The fourth-order valence-electron chi connectivity index (χ4n) is 1.56. The molecule has 0 fully saturated rings. The Morgan fingerprint density at radius 1 is 1.50 bits per heavy atom. The summed E-state index contributed by atoms with van der Waals surface area (Å²) >= 11 is 3.38. The highest BCUT2D eigenvalue weighted by Gasteiger charge is 2.25. The summed E-state index contributed by atoms with van der Waals surface area (Å²) in [7, 11) is 0. The van der Waals surface area contributed by atoms with Crippen LogP contribution in [0.1, 0.15) is 25.8 Å². The van der Waals surface area contributed by atoms with Gasteiger partial charge in [0.2, 0.25) is 5.91 Å². The van der Waals surface area contributed by atoms with Crippen molar-refractivity contribution in [2.24, 2.45) is 5.73 Å². The van der Waals surface area contributed by atoms with E-state index in [1.54, 1.807) is 0 Å². The Morgan fingerprint density at radius 2 is 2.06 bits per heavy atom. The molecule has 1 amide bonds. The molecule has 3 nitrogen and oxygen atoms in total. The molecule has 1 unspecified atom stereocenters. The molecule has 0 spiro atoms. The summed E-state index contributed by atoms with van der Waals surface area (Å²) in [4.78, 5) is 11.8. The van der Waals surface area contributed by atoms with Gasteiger partial charge in [0.15, 0.2) is 0 Å². The molecule has 96 valence electrons. The number of halogens is 1. The van der Waals surface area contributed by atoms with Gasteiger partial charge in [0, 0.05) is 10.9 Å². The van der Waals surface area contributed by atoms with E-state index in [9.17, 15) is 4.79 Å². The molecule has 1 atom stereocenters. The lowest BCUT2D eigenvalue weighted by molar-refractivity contribution is -0.123. The van der Waals surface area contributed by atoms with Crippen molar-refractivity contribution < 1.29 is 4.79 Å². The van der Waals surface area contributed by atoms with E-state index in [2.05, 4.69) is 27.2 Å². The maximum atomic E-state index is 11.8.